The maximum absolute atomic E-state index is 13.3. The molecule has 1 aromatic heterocycles. The van der Waals surface area contributed by atoms with Crippen molar-refractivity contribution in [2.24, 2.45) is 4.99 Å². The molecule has 1 aliphatic heterocycles. The molecule has 1 aromatic carbocycles. The van der Waals surface area contributed by atoms with Gasteiger partial charge in [0.25, 0.3) is 0 Å². The first kappa shape index (κ1) is 15.2. The molecule has 3 rings (SSSR count). The third-order valence-corrected chi connectivity index (χ3v) is 3.78. The number of nitrogens with one attached hydrogen (secondary N) is 2. The molecule has 0 amide bonds. The number of aromatic nitrogens is 2. The lowest BCUT2D eigenvalue weighted by atomic mass is 9.96. The van der Waals surface area contributed by atoms with Gasteiger partial charge in [-0.2, -0.15) is 0 Å². The average molecular weight is 335 g/mol. The number of nitrogens with zero attached hydrogens (tertiary/aromatic N) is 2. The van der Waals surface area contributed by atoms with Crippen molar-refractivity contribution in [3.8, 4) is 0 Å². The highest BCUT2D eigenvalue weighted by Crippen LogP contribution is 2.35. The van der Waals surface area contributed by atoms with E-state index in [1.165, 1.54) is 12.1 Å². The zero-order valence-corrected chi connectivity index (χ0v) is 12.7. The van der Waals surface area contributed by atoms with Crippen LogP contribution in [0.2, 0.25) is 5.02 Å². The number of aliphatic imine (C=N–C) groups is 1. The minimum atomic E-state index is -1.12. The summed E-state index contributed by atoms with van der Waals surface area (Å²) in [6.07, 6.45) is 3.19. The number of aliphatic carboxylic acids is 1. The summed E-state index contributed by atoms with van der Waals surface area (Å²) in [5, 5.41) is 12.5. The number of imidazole rings is 1. The Kier molecular flexibility index (Phi) is 3.87. The highest BCUT2D eigenvalue weighted by atomic mass is 35.5. The van der Waals surface area contributed by atoms with Crippen molar-refractivity contribution in [1.29, 1.82) is 0 Å². The van der Waals surface area contributed by atoms with E-state index in [0.29, 0.717) is 22.9 Å². The largest absolute Gasteiger partial charge is 0.478 e. The Hall–Kier alpha value is -2.67. The van der Waals surface area contributed by atoms with E-state index in [1.807, 2.05) is 0 Å². The number of carbonyl (C=O) groups is 1. The van der Waals surface area contributed by atoms with Gasteiger partial charge in [0.2, 0.25) is 0 Å². The number of halogens is 2. The summed E-state index contributed by atoms with van der Waals surface area (Å²) < 4.78 is 13.3. The van der Waals surface area contributed by atoms with Crippen LogP contribution in [-0.4, -0.2) is 26.9 Å². The molecule has 0 aliphatic carbocycles. The molecule has 118 valence electrons. The highest BCUT2D eigenvalue weighted by Gasteiger charge is 2.31. The highest BCUT2D eigenvalue weighted by molar-refractivity contribution is 6.31. The van der Waals surface area contributed by atoms with E-state index in [0.717, 1.165) is 6.07 Å². The maximum Gasteiger partial charge on any atom is 0.335 e. The van der Waals surface area contributed by atoms with Crippen LogP contribution in [0.15, 0.2) is 46.9 Å². The Morgan fingerprint density at radius 1 is 1.43 bits per heavy atom. The Bertz CT molecular complexity index is 830. The molecule has 0 fully saturated rings. The van der Waals surface area contributed by atoms with Crippen LogP contribution in [0, 0.1) is 5.82 Å². The predicted molar refractivity (Wildman–Crippen MR) is 82.7 cm³/mol. The van der Waals surface area contributed by atoms with Gasteiger partial charge in [-0.05, 0) is 19.1 Å². The van der Waals surface area contributed by atoms with Crippen LogP contribution in [0.4, 0.5) is 4.39 Å². The number of hydrogen-bond donors (Lipinski definition) is 3. The normalized spacial score (nSPS) is 17.7. The summed E-state index contributed by atoms with van der Waals surface area (Å²) in [6.45, 7) is 1.63. The van der Waals surface area contributed by atoms with Crippen molar-refractivity contribution < 1.29 is 14.3 Å². The molecule has 6 nitrogen and oxygen atoms in total. The molecule has 0 bridgehead atoms. The first-order chi connectivity index (χ1) is 11.0. The van der Waals surface area contributed by atoms with Crippen molar-refractivity contribution in [3.63, 3.8) is 0 Å². The van der Waals surface area contributed by atoms with Gasteiger partial charge in [-0.15, -0.1) is 0 Å². The first-order valence-corrected chi connectivity index (χ1v) is 7.08. The average Bonchev–Trinajstić information content (AvgIpc) is 3.00. The van der Waals surface area contributed by atoms with Gasteiger partial charge in [-0.3, -0.25) is 4.99 Å². The van der Waals surface area contributed by atoms with Crippen molar-refractivity contribution in [1.82, 2.24) is 15.3 Å². The fourth-order valence-electron chi connectivity index (χ4n) is 2.42. The van der Waals surface area contributed by atoms with E-state index in [-0.39, 0.29) is 10.6 Å². The van der Waals surface area contributed by atoms with E-state index in [9.17, 15) is 14.3 Å². The van der Waals surface area contributed by atoms with Gasteiger partial charge in [0, 0.05) is 28.7 Å². The molecule has 0 saturated carbocycles. The van der Waals surface area contributed by atoms with Crippen LogP contribution in [0.3, 0.4) is 0 Å². The number of carboxylic acid groups (broad SMARTS) is 1. The summed E-state index contributed by atoms with van der Waals surface area (Å²) in [4.78, 5) is 23.0. The van der Waals surface area contributed by atoms with Crippen molar-refractivity contribution in [2.45, 2.75) is 13.0 Å². The van der Waals surface area contributed by atoms with Gasteiger partial charge in [0.15, 0.2) is 11.7 Å². The molecule has 23 heavy (non-hydrogen) atoms. The topological polar surface area (TPSA) is 90.4 Å². The number of hydrogen-bond acceptors (Lipinski definition) is 4. The summed E-state index contributed by atoms with van der Waals surface area (Å²) in [5.41, 5.74) is 0.883. The molecule has 2 heterocycles. The molecule has 0 saturated heterocycles. The third kappa shape index (κ3) is 2.83. The molecule has 1 unspecified atom stereocenters. The molecule has 0 spiro atoms. The predicted octanol–water partition coefficient (Wildman–Crippen LogP) is 2.65. The zero-order chi connectivity index (χ0) is 16.6. The maximum atomic E-state index is 13.3. The second kappa shape index (κ2) is 5.85. The van der Waals surface area contributed by atoms with Crippen LogP contribution in [-0.2, 0) is 4.79 Å². The Morgan fingerprint density at radius 2 is 2.22 bits per heavy atom. The summed E-state index contributed by atoms with van der Waals surface area (Å²) in [5.74, 6) is -0.761. The minimum absolute atomic E-state index is 0.0498. The summed E-state index contributed by atoms with van der Waals surface area (Å²) >= 11 is 6.08. The second-order valence-corrected chi connectivity index (χ2v) is 5.36. The number of H-pyrrole nitrogens is 1. The number of aromatic amines is 1. The Morgan fingerprint density at radius 3 is 2.83 bits per heavy atom. The van der Waals surface area contributed by atoms with Crippen LogP contribution >= 0.6 is 11.6 Å². The standard InChI is InChI=1S/C15H12ClFN4O2/c1-7-11(15(22)23)12(9-3-2-8(17)6-10(9)16)21-14(20-7)13-18-4-5-19-13/h2-6,12H,1H3,(H,18,19)(H,20,21)(H,22,23). The van der Waals surface area contributed by atoms with Crippen molar-refractivity contribution in [3.05, 3.63) is 64.1 Å². The van der Waals surface area contributed by atoms with Gasteiger partial charge in [0.1, 0.15) is 11.9 Å². The lowest BCUT2D eigenvalue weighted by Crippen LogP contribution is -2.33. The lowest BCUT2D eigenvalue weighted by molar-refractivity contribution is -0.133. The Balaban J connectivity index is 2.14. The zero-order valence-electron chi connectivity index (χ0n) is 12.0. The van der Waals surface area contributed by atoms with Crippen LogP contribution < -0.4 is 5.32 Å². The van der Waals surface area contributed by atoms with Crippen LogP contribution in [0.5, 0.6) is 0 Å². The Labute approximate surface area is 135 Å². The van der Waals surface area contributed by atoms with Crippen LogP contribution in [0.25, 0.3) is 0 Å². The third-order valence-electron chi connectivity index (χ3n) is 3.45. The minimum Gasteiger partial charge on any atom is -0.478 e. The fourth-order valence-corrected chi connectivity index (χ4v) is 2.69. The van der Waals surface area contributed by atoms with Gasteiger partial charge in [0.05, 0.1) is 5.57 Å². The van der Waals surface area contributed by atoms with E-state index in [2.05, 4.69) is 20.3 Å². The summed E-state index contributed by atoms with van der Waals surface area (Å²) in [6, 6.07) is 2.94. The van der Waals surface area contributed by atoms with Gasteiger partial charge >= 0.3 is 5.97 Å². The number of allylic oxidation sites excluding steroid dienone is 1. The lowest BCUT2D eigenvalue weighted by Gasteiger charge is -2.24. The molecule has 0 radical (unpaired) electrons. The van der Waals surface area contributed by atoms with Gasteiger partial charge in [-0.25, -0.2) is 14.2 Å². The number of amidine groups is 1. The second-order valence-electron chi connectivity index (χ2n) is 4.95. The number of benzene rings is 1. The molecule has 8 heteroatoms. The fraction of sp³-hybridized carbons (Fsp3) is 0.133. The van der Waals surface area contributed by atoms with Crippen LogP contribution in [0.1, 0.15) is 24.4 Å². The smallest absolute Gasteiger partial charge is 0.335 e. The molecule has 3 N–H and O–H groups in total. The quantitative estimate of drug-likeness (QED) is 0.805. The summed E-state index contributed by atoms with van der Waals surface area (Å²) in [7, 11) is 0. The van der Waals surface area contributed by atoms with Gasteiger partial charge in [-0.1, -0.05) is 17.7 Å². The number of carboxylic acids is 1. The van der Waals surface area contributed by atoms with E-state index in [4.69, 9.17) is 11.6 Å². The first-order valence-electron chi connectivity index (χ1n) is 6.71. The van der Waals surface area contributed by atoms with E-state index in [1.54, 1.807) is 19.3 Å². The van der Waals surface area contributed by atoms with Gasteiger partial charge < -0.3 is 15.4 Å². The monoisotopic (exact) mass is 334 g/mol. The molecule has 1 aliphatic rings. The molecular formula is C15H12ClFN4O2. The van der Waals surface area contributed by atoms with E-state index >= 15 is 0 Å². The molecule has 1 atom stereocenters. The van der Waals surface area contributed by atoms with E-state index < -0.39 is 17.8 Å². The molecular weight excluding hydrogens is 323 g/mol. The van der Waals surface area contributed by atoms with Crippen molar-refractivity contribution in [2.75, 3.05) is 0 Å². The SMILES string of the molecule is CC1=C(C(=O)O)C(c2ccc(F)cc2Cl)N=C(c2ncc[nH]2)N1. The molecule has 2 aromatic rings. The number of rotatable bonds is 3. The van der Waals surface area contributed by atoms with Crippen molar-refractivity contribution >= 4 is 23.4 Å².